The van der Waals surface area contributed by atoms with E-state index in [0.717, 1.165) is 10.6 Å². The standard InChI is InChI=1S/C13H15NO2S/c1-8(2)14-13(16)10-5-3-4-9-11(15)6-7-17-12(9)10/h3-5,8H,6-7H2,1-2H3,(H,14,16). The lowest BCUT2D eigenvalue weighted by molar-refractivity contribution is 0.0940. The molecule has 0 bridgehead atoms. The highest BCUT2D eigenvalue weighted by molar-refractivity contribution is 7.99. The number of carbonyl (C=O) groups excluding carboxylic acids is 2. The third-order valence-corrected chi connectivity index (χ3v) is 3.69. The van der Waals surface area contributed by atoms with Crippen LogP contribution in [0.3, 0.4) is 0 Å². The molecule has 0 fully saturated rings. The third kappa shape index (κ3) is 2.52. The van der Waals surface area contributed by atoms with Crippen molar-refractivity contribution in [3.63, 3.8) is 0 Å². The third-order valence-electron chi connectivity index (χ3n) is 2.56. The van der Waals surface area contributed by atoms with Crippen LogP contribution in [0.25, 0.3) is 0 Å². The quantitative estimate of drug-likeness (QED) is 0.876. The molecule has 1 N–H and O–H groups in total. The Morgan fingerprint density at radius 1 is 1.41 bits per heavy atom. The van der Waals surface area contributed by atoms with Crippen LogP contribution in [-0.2, 0) is 0 Å². The maximum absolute atomic E-state index is 12.0. The van der Waals surface area contributed by atoms with E-state index in [1.165, 1.54) is 0 Å². The smallest absolute Gasteiger partial charge is 0.252 e. The monoisotopic (exact) mass is 249 g/mol. The zero-order valence-corrected chi connectivity index (χ0v) is 10.8. The number of nitrogens with one attached hydrogen (secondary N) is 1. The number of benzene rings is 1. The highest BCUT2D eigenvalue weighted by atomic mass is 32.2. The molecule has 0 saturated carbocycles. The molecular weight excluding hydrogens is 234 g/mol. The zero-order valence-electron chi connectivity index (χ0n) is 9.95. The number of carbonyl (C=O) groups is 2. The summed E-state index contributed by atoms with van der Waals surface area (Å²) in [4.78, 5) is 24.6. The highest BCUT2D eigenvalue weighted by Gasteiger charge is 2.23. The van der Waals surface area contributed by atoms with Crippen LogP contribution < -0.4 is 5.32 Å². The Kier molecular flexibility index (Phi) is 3.52. The summed E-state index contributed by atoms with van der Waals surface area (Å²) in [5, 5.41) is 2.86. The van der Waals surface area contributed by atoms with Gasteiger partial charge in [-0.25, -0.2) is 0 Å². The largest absolute Gasteiger partial charge is 0.350 e. The Morgan fingerprint density at radius 2 is 2.18 bits per heavy atom. The molecule has 17 heavy (non-hydrogen) atoms. The first kappa shape index (κ1) is 12.2. The number of hydrogen-bond acceptors (Lipinski definition) is 3. The number of rotatable bonds is 2. The van der Waals surface area contributed by atoms with Crippen molar-refractivity contribution in [2.24, 2.45) is 0 Å². The molecule has 3 nitrogen and oxygen atoms in total. The maximum Gasteiger partial charge on any atom is 0.252 e. The SMILES string of the molecule is CC(C)NC(=O)c1cccc2c1SCCC2=O. The first-order chi connectivity index (χ1) is 8.09. The normalized spacial score (nSPS) is 14.6. The second-order valence-electron chi connectivity index (χ2n) is 4.33. The van der Waals surface area contributed by atoms with Crippen LogP contribution in [0.5, 0.6) is 0 Å². The Morgan fingerprint density at radius 3 is 2.88 bits per heavy atom. The molecule has 0 unspecified atom stereocenters. The van der Waals surface area contributed by atoms with Crippen LogP contribution in [0.2, 0.25) is 0 Å². The maximum atomic E-state index is 12.0. The predicted molar refractivity (Wildman–Crippen MR) is 68.7 cm³/mol. The van der Waals surface area contributed by atoms with Crippen LogP contribution >= 0.6 is 11.8 Å². The van der Waals surface area contributed by atoms with Gasteiger partial charge in [0.1, 0.15) is 0 Å². The van der Waals surface area contributed by atoms with Gasteiger partial charge in [-0.2, -0.15) is 0 Å². The minimum Gasteiger partial charge on any atom is -0.350 e. The molecule has 1 aliphatic rings. The average Bonchev–Trinajstić information content (AvgIpc) is 2.28. The number of fused-ring (bicyclic) bond motifs is 1. The predicted octanol–water partition coefficient (Wildman–Crippen LogP) is 2.50. The Hall–Kier alpha value is -1.29. The van der Waals surface area contributed by atoms with Gasteiger partial charge in [0.15, 0.2) is 5.78 Å². The van der Waals surface area contributed by atoms with E-state index < -0.39 is 0 Å². The fourth-order valence-corrected chi connectivity index (χ4v) is 2.96. The van der Waals surface area contributed by atoms with Crippen molar-refractivity contribution in [3.8, 4) is 0 Å². The number of thioether (sulfide) groups is 1. The van der Waals surface area contributed by atoms with E-state index in [-0.39, 0.29) is 17.7 Å². The molecule has 0 aromatic heterocycles. The Labute approximate surface area is 105 Å². The molecule has 0 spiro atoms. The van der Waals surface area contributed by atoms with Crippen LogP contribution in [0.4, 0.5) is 0 Å². The van der Waals surface area contributed by atoms with E-state index in [1.54, 1.807) is 30.0 Å². The number of amides is 1. The van der Waals surface area contributed by atoms with Crippen molar-refractivity contribution >= 4 is 23.5 Å². The zero-order chi connectivity index (χ0) is 12.4. The summed E-state index contributed by atoms with van der Waals surface area (Å²) in [6.45, 7) is 3.84. The van der Waals surface area contributed by atoms with Gasteiger partial charge in [-0.15, -0.1) is 11.8 Å². The van der Waals surface area contributed by atoms with Gasteiger partial charge in [-0.3, -0.25) is 9.59 Å². The van der Waals surface area contributed by atoms with Crippen molar-refractivity contribution in [2.75, 3.05) is 5.75 Å². The number of Topliss-reactive ketones (excluding diaryl/α,β-unsaturated/α-hetero) is 1. The summed E-state index contributed by atoms with van der Waals surface area (Å²) in [5.74, 6) is 0.801. The van der Waals surface area contributed by atoms with E-state index in [2.05, 4.69) is 5.32 Å². The summed E-state index contributed by atoms with van der Waals surface area (Å²) in [6, 6.07) is 5.46. The molecule has 0 saturated heterocycles. The summed E-state index contributed by atoms with van der Waals surface area (Å²) in [7, 11) is 0. The number of hydrogen-bond donors (Lipinski definition) is 1. The average molecular weight is 249 g/mol. The Bertz CT molecular complexity index is 468. The van der Waals surface area contributed by atoms with E-state index in [9.17, 15) is 9.59 Å². The summed E-state index contributed by atoms with van der Waals surface area (Å²) >= 11 is 1.59. The van der Waals surface area contributed by atoms with Crippen molar-refractivity contribution in [2.45, 2.75) is 31.2 Å². The van der Waals surface area contributed by atoms with E-state index in [1.807, 2.05) is 13.8 Å². The minimum atomic E-state index is -0.0981. The lowest BCUT2D eigenvalue weighted by Crippen LogP contribution is -2.31. The van der Waals surface area contributed by atoms with Gasteiger partial charge in [0.2, 0.25) is 0 Å². The summed E-state index contributed by atoms with van der Waals surface area (Å²) in [6.07, 6.45) is 0.562. The molecule has 1 aromatic carbocycles. The highest BCUT2D eigenvalue weighted by Crippen LogP contribution is 2.32. The topological polar surface area (TPSA) is 46.2 Å². The number of ketones is 1. The molecule has 0 aliphatic carbocycles. The van der Waals surface area contributed by atoms with Crippen molar-refractivity contribution < 1.29 is 9.59 Å². The molecule has 0 atom stereocenters. The summed E-state index contributed by atoms with van der Waals surface area (Å²) in [5.41, 5.74) is 1.31. The van der Waals surface area contributed by atoms with Gasteiger partial charge in [-0.1, -0.05) is 12.1 Å². The van der Waals surface area contributed by atoms with Crippen LogP contribution in [0.15, 0.2) is 23.1 Å². The van der Waals surface area contributed by atoms with Crippen LogP contribution in [0.1, 0.15) is 41.0 Å². The molecule has 90 valence electrons. The minimum absolute atomic E-state index is 0.0981. The van der Waals surface area contributed by atoms with E-state index in [0.29, 0.717) is 17.5 Å². The molecule has 1 amide bonds. The second kappa shape index (κ2) is 4.92. The van der Waals surface area contributed by atoms with Crippen LogP contribution in [-0.4, -0.2) is 23.5 Å². The second-order valence-corrected chi connectivity index (χ2v) is 5.44. The van der Waals surface area contributed by atoms with Gasteiger partial charge < -0.3 is 5.32 Å². The van der Waals surface area contributed by atoms with Gasteiger partial charge in [-0.05, 0) is 19.9 Å². The van der Waals surface area contributed by atoms with Crippen molar-refractivity contribution in [1.82, 2.24) is 5.32 Å². The molecule has 0 radical (unpaired) electrons. The van der Waals surface area contributed by atoms with Gasteiger partial charge in [0, 0.05) is 28.7 Å². The fraction of sp³-hybridized carbons (Fsp3) is 0.385. The van der Waals surface area contributed by atoms with E-state index in [4.69, 9.17) is 0 Å². The van der Waals surface area contributed by atoms with Crippen molar-refractivity contribution in [1.29, 1.82) is 0 Å². The fourth-order valence-electron chi connectivity index (χ4n) is 1.81. The molecular formula is C13H15NO2S. The first-order valence-electron chi connectivity index (χ1n) is 5.69. The molecule has 1 aromatic rings. The van der Waals surface area contributed by atoms with Gasteiger partial charge in [0.25, 0.3) is 5.91 Å². The lowest BCUT2D eigenvalue weighted by Gasteiger charge is -2.18. The Balaban J connectivity index is 2.38. The van der Waals surface area contributed by atoms with Gasteiger partial charge in [0.05, 0.1) is 5.56 Å². The van der Waals surface area contributed by atoms with E-state index >= 15 is 0 Å². The van der Waals surface area contributed by atoms with Crippen molar-refractivity contribution in [3.05, 3.63) is 29.3 Å². The lowest BCUT2D eigenvalue weighted by atomic mass is 10.0. The first-order valence-corrected chi connectivity index (χ1v) is 6.68. The van der Waals surface area contributed by atoms with Gasteiger partial charge >= 0.3 is 0 Å². The molecule has 2 rings (SSSR count). The van der Waals surface area contributed by atoms with Crippen LogP contribution in [0, 0.1) is 0 Å². The summed E-state index contributed by atoms with van der Waals surface area (Å²) < 4.78 is 0. The molecule has 1 aliphatic heterocycles. The molecule has 1 heterocycles. The molecule has 4 heteroatoms.